The van der Waals surface area contributed by atoms with E-state index in [1.807, 2.05) is 6.07 Å². The maximum absolute atomic E-state index is 12.4. The predicted molar refractivity (Wildman–Crippen MR) is 87.4 cm³/mol. The molecule has 0 aliphatic carbocycles. The summed E-state index contributed by atoms with van der Waals surface area (Å²) in [5.74, 6) is -0.269. The largest absolute Gasteiger partial charge is 0.376 e. The molecule has 0 spiro atoms. The lowest BCUT2D eigenvalue weighted by molar-refractivity contribution is -0.125. The first-order valence-corrected chi connectivity index (χ1v) is 7.51. The molecule has 0 unspecified atom stereocenters. The Bertz CT molecular complexity index is 397. The van der Waals surface area contributed by atoms with Crippen molar-refractivity contribution in [2.75, 3.05) is 26.2 Å². The van der Waals surface area contributed by atoms with Gasteiger partial charge in [-0.3, -0.25) is 4.79 Å². The van der Waals surface area contributed by atoms with Gasteiger partial charge in [0, 0.05) is 32.4 Å². The summed E-state index contributed by atoms with van der Waals surface area (Å²) in [6, 6.07) is 2.02. The fourth-order valence-corrected chi connectivity index (χ4v) is 1.93. The van der Waals surface area contributed by atoms with Gasteiger partial charge < -0.3 is 9.80 Å². The smallest absolute Gasteiger partial charge is 0.266 e. The summed E-state index contributed by atoms with van der Waals surface area (Å²) in [7, 11) is 0. The van der Waals surface area contributed by atoms with Gasteiger partial charge in [0.1, 0.15) is 11.6 Å². The third kappa shape index (κ3) is 7.36. The van der Waals surface area contributed by atoms with Crippen LogP contribution < -0.4 is 0 Å². The van der Waals surface area contributed by atoms with Crippen LogP contribution in [-0.2, 0) is 4.79 Å². The first-order valence-electron chi connectivity index (χ1n) is 7.51. The SMILES string of the molecule is C=CCN(CC=C)C(=O)/C(C#N)=C\N(CCC)CCCC. The molecule has 0 N–H and O–H groups in total. The zero-order valence-corrected chi connectivity index (χ0v) is 13.3. The Hall–Kier alpha value is -2.02. The van der Waals surface area contributed by atoms with Gasteiger partial charge in [0.25, 0.3) is 5.91 Å². The average molecular weight is 289 g/mol. The zero-order chi connectivity index (χ0) is 16.1. The topological polar surface area (TPSA) is 47.3 Å². The molecule has 0 heterocycles. The van der Waals surface area contributed by atoms with Crippen LogP contribution in [-0.4, -0.2) is 41.9 Å². The lowest BCUT2D eigenvalue weighted by atomic mass is 10.2. The van der Waals surface area contributed by atoms with Crippen molar-refractivity contribution >= 4 is 5.91 Å². The first-order chi connectivity index (χ1) is 10.1. The molecule has 0 aromatic carbocycles. The standard InChI is InChI=1S/C17H27N3O/c1-5-9-13-19(10-6-2)15-16(14-18)17(21)20(11-7-3)12-8-4/h7-8,15H,3-6,9-13H2,1-2H3/b16-15-. The van der Waals surface area contributed by atoms with E-state index in [2.05, 4.69) is 31.9 Å². The van der Waals surface area contributed by atoms with Crippen LogP contribution in [0, 0.1) is 11.3 Å². The minimum atomic E-state index is -0.269. The molecule has 0 aliphatic heterocycles. The van der Waals surface area contributed by atoms with Crippen LogP contribution in [0.5, 0.6) is 0 Å². The molecule has 116 valence electrons. The first kappa shape index (κ1) is 19.0. The van der Waals surface area contributed by atoms with Crippen molar-refractivity contribution in [1.82, 2.24) is 9.80 Å². The monoisotopic (exact) mass is 289 g/mol. The van der Waals surface area contributed by atoms with Crippen molar-refractivity contribution in [3.05, 3.63) is 37.1 Å². The molecule has 0 aromatic rings. The zero-order valence-electron chi connectivity index (χ0n) is 13.3. The minimum absolute atomic E-state index is 0.170. The lowest BCUT2D eigenvalue weighted by Crippen LogP contribution is -2.33. The quantitative estimate of drug-likeness (QED) is 0.333. The normalized spacial score (nSPS) is 10.6. The number of hydrogen-bond acceptors (Lipinski definition) is 3. The van der Waals surface area contributed by atoms with Crippen LogP contribution in [0.4, 0.5) is 0 Å². The van der Waals surface area contributed by atoms with Crippen molar-refractivity contribution in [2.45, 2.75) is 33.1 Å². The van der Waals surface area contributed by atoms with Gasteiger partial charge in [-0.2, -0.15) is 5.26 Å². The van der Waals surface area contributed by atoms with Crippen molar-refractivity contribution in [1.29, 1.82) is 5.26 Å². The highest BCUT2D eigenvalue weighted by Crippen LogP contribution is 2.06. The van der Waals surface area contributed by atoms with Crippen molar-refractivity contribution in [3.8, 4) is 6.07 Å². The fraction of sp³-hybridized carbons (Fsp3) is 0.529. The third-order valence-electron chi connectivity index (χ3n) is 2.96. The van der Waals surface area contributed by atoms with E-state index in [1.165, 1.54) is 0 Å². The molecule has 21 heavy (non-hydrogen) atoms. The number of carbonyl (C=O) groups excluding carboxylic acids is 1. The number of carbonyl (C=O) groups is 1. The highest BCUT2D eigenvalue weighted by atomic mass is 16.2. The van der Waals surface area contributed by atoms with E-state index in [-0.39, 0.29) is 11.5 Å². The van der Waals surface area contributed by atoms with Gasteiger partial charge in [-0.05, 0) is 12.8 Å². The summed E-state index contributed by atoms with van der Waals surface area (Å²) in [6.07, 6.45) is 8.11. The highest BCUT2D eigenvalue weighted by Gasteiger charge is 2.17. The van der Waals surface area contributed by atoms with E-state index >= 15 is 0 Å². The molecule has 0 fully saturated rings. The van der Waals surface area contributed by atoms with Gasteiger partial charge in [0.05, 0.1) is 0 Å². The van der Waals surface area contributed by atoms with Crippen LogP contribution in [0.1, 0.15) is 33.1 Å². The van der Waals surface area contributed by atoms with Crippen molar-refractivity contribution < 1.29 is 4.79 Å². The Morgan fingerprint density at radius 1 is 1.14 bits per heavy atom. The van der Waals surface area contributed by atoms with E-state index in [1.54, 1.807) is 23.3 Å². The van der Waals surface area contributed by atoms with Crippen LogP contribution in [0.25, 0.3) is 0 Å². The predicted octanol–water partition coefficient (Wildman–Crippen LogP) is 3.11. The van der Waals surface area contributed by atoms with E-state index in [4.69, 9.17) is 0 Å². The molecule has 0 aliphatic rings. The average Bonchev–Trinajstić information content (AvgIpc) is 2.49. The summed E-state index contributed by atoms with van der Waals surface area (Å²) in [6.45, 7) is 14.0. The molecule has 0 rings (SSSR count). The lowest BCUT2D eigenvalue weighted by Gasteiger charge is -2.22. The summed E-state index contributed by atoms with van der Waals surface area (Å²) < 4.78 is 0. The maximum atomic E-state index is 12.4. The van der Waals surface area contributed by atoms with E-state index in [0.717, 1.165) is 32.4 Å². The number of hydrogen-bond donors (Lipinski definition) is 0. The second kappa shape index (κ2) is 11.8. The van der Waals surface area contributed by atoms with Gasteiger partial charge in [0.15, 0.2) is 0 Å². The number of amides is 1. The summed E-state index contributed by atoms with van der Waals surface area (Å²) >= 11 is 0. The van der Waals surface area contributed by atoms with Gasteiger partial charge >= 0.3 is 0 Å². The molecule has 4 nitrogen and oxygen atoms in total. The second-order valence-electron chi connectivity index (χ2n) is 4.83. The molecule has 0 atom stereocenters. The van der Waals surface area contributed by atoms with Gasteiger partial charge in [0.2, 0.25) is 0 Å². The summed E-state index contributed by atoms with van der Waals surface area (Å²) in [5, 5.41) is 9.28. The molecule has 0 aromatic heterocycles. The number of rotatable bonds is 11. The molecule has 4 heteroatoms. The minimum Gasteiger partial charge on any atom is -0.376 e. The van der Waals surface area contributed by atoms with Crippen LogP contribution in [0.3, 0.4) is 0 Å². The highest BCUT2D eigenvalue weighted by molar-refractivity contribution is 5.97. The molecular weight excluding hydrogens is 262 g/mol. The van der Waals surface area contributed by atoms with E-state index in [9.17, 15) is 10.1 Å². The van der Waals surface area contributed by atoms with Crippen LogP contribution in [0.2, 0.25) is 0 Å². The van der Waals surface area contributed by atoms with Gasteiger partial charge in [-0.1, -0.05) is 32.4 Å². The molecule has 0 bridgehead atoms. The van der Waals surface area contributed by atoms with E-state index < -0.39 is 0 Å². The Balaban J connectivity index is 5.09. The summed E-state index contributed by atoms with van der Waals surface area (Å²) in [4.78, 5) is 16.0. The Morgan fingerprint density at radius 3 is 2.19 bits per heavy atom. The number of nitriles is 1. The molecule has 0 radical (unpaired) electrons. The van der Waals surface area contributed by atoms with E-state index in [0.29, 0.717) is 13.1 Å². The molecule has 0 saturated heterocycles. The summed E-state index contributed by atoms with van der Waals surface area (Å²) in [5.41, 5.74) is 0.170. The molecule has 0 saturated carbocycles. The Labute approximate surface area is 129 Å². The maximum Gasteiger partial charge on any atom is 0.266 e. The van der Waals surface area contributed by atoms with Crippen LogP contribution in [0.15, 0.2) is 37.1 Å². The van der Waals surface area contributed by atoms with Crippen molar-refractivity contribution in [2.24, 2.45) is 0 Å². The van der Waals surface area contributed by atoms with Crippen LogP contribution >= 0.6 is 0 Å². The Kier molecular flexibility index (Phi) is 10.6. The third-order valence-corrected chi connectivity index (χ3v) is 2.96. The number of nitrogens with zero attached hydrogens (tertiary/aromatic N) is 3. The Morgan fingerprint density at radius 2 is 1.76 bits per heavy atom. The number of unbranched alkanes of at least 4 members (excludes halogenated alkanes) is 1. The van der Waals surface area contributed by atoms with Gasteiger partial charge in [-0.25, -0.2) is 0 Å². The fourth-order valence-electron chi connectivity index (χ4n) is 1.93. The van der Waals surface area contributed by atoms with Gasteiger partial charge in [-0.15, -0.1) is 13.2 Å². The molecular formula is C17H27N3O. The van der Waals surface area contributed by atoms with Crippen molar-refractivity contribution in [3.63, 3.8) is 0 Å². The second-order valence-corrected chi connectivity index (χ2v) is 4.83. The molecule has 1 amide bonds.